The summed E-state index contributed by atoms with van der Waals surface area (Å²) in [6, 6.07) is 9.67. The number of nitrogens with one attached hydrogen (secondary N) is 1. The van der Waals surface area contributed by atoms with Gasteiger partial charge in [-0.2, -0.15) is 0 Å². The molecule has 0 aromatic heterocycles. The van der Waals surface area contributed by atoms with Crippen LogP contribution in [0.2, 0.25) is 0 Å². The van der Waals surface area contributed by atoms with Crippen LogP contribution < -0.4 is 15.8 Å². The molecular weight excluding hydrogens is 264 g/mol. The Hall–Kier alpha value is -1.55. The maximum atomic E-state index is 12.3. The number of para-hydroxylation sites is 1. The van der Waals surface area contributed by atoms with Crippen molar-refractivity contribution in [1.82, 2.24) is 5.32 Å². The van der Waals surface area contributed by atoms with Crippen molar-refractivity contribution < 1.29 is 9.53 Å². The lowest BCUT2D eigenvalue weighted by atomic mass is 9.95. The van der Waals surface area contributed by atoms with Gasteiger partial charge in [0.05, 0.1) is 6.54 Å². The third-order valence-corrected chi connectivity index (χ3v) is 4.12. The van der Waals surface area contributed by atoms with Crippen LogP contribution >= 0.6 is 0 Å². The van der Waals surface area contributed by atoms with Crippen molar-refractivity contribution in [2.75, 3.05) is 13.1 Å². The highest BCUT2D eigenvalue weighted by Crippen LogP contribution is 2.31. The van der Waals surface area contributed by atoms with Crippen LogP contribution in [0.5, 0.6) is 5.75 Å². The molecule has 2 atom stereocenters. The Morgan fingerprint density at radius 1 is 1.33 bits per heavy atom. The molecule has 0 radical (unpaired) electrons. The van der Waals surface area contributed by atoms with Crippen LogP contribution in [-0.4, -0.2) is 24.6 Å². The molecule has 1 aliphatic rings. The van der Waals surface area contributed by atoms with Crippen molar-refractivity contribution in [2.45, 2.75) is 38.7 Å². The molecule has 1 fully saturated rings. The normalized spacial score (nSPS) is 22.0. The first-order valence-corrected chi connectivity index (χ1v) is 7.74. The fourth-order valence-corrected chi connectivity index (χ4v) is 2.94. The van der Waals surface area contributed by atoms with Gasteiger partial charge in [-0.25, -0.2) is 0 Å². The molecule has 1 amide bonds. The Morgan fingerprint density at radius 2 is 2.05 bits per heavy atom. The predicted molar refractivity (Wildman–Crippen MR) is 84.0 cm³/mol. The van der Waals surface area contributed by atoms with E-state index in [4.69, 9.17) is 10.5 Å². The number of amides is 1. The molecule has 21 heavy (non-hydrogen) atoms. The summed E-state index contributed by atoms with van der Waals surface area (Å²) in [5.41, 5.74) is 5.30. The number of hydrogen-bond acceptors (Lipinski definition) is 3. The van der Waals surface area contributed by atoms with E-state index in [1.165, 1.54) is 0 Å². The van der Waals surface area contributed by atoms with E-state index in [-0.39, 0.29) is 11.8 Å². The molecule has 1 aromatic rings. The van der Waals surface area contributed by atoms with Gasteiger partial charge in [0.15, 0.2) is 0 Å². The van der Waals surface area contributed by atoms with Crippen LogP contribution in [0, 0.1) is 11.8 Å². The highest BCUT2D eigenvalue weighted by molar-refractivity contribution is 5.79. The average Bonchev–Trinajstić information content (AvgIpc) is 2.94. The van der Waals surface area contributed by atoms with Crippen LogP contribution in [0.3, 0.4) is 0 Å². The molecule has 4 nitrogen and oxygen atoms in total. The number of ether oxygens (including phenoxy) is 1. The number of benzene rings is 1. The lowest BCUT2D eigenvalue weighted by molar-refractivity contribution is -0.126. The van der Waals surface area contributed by atoms with Crippen molar-refractivity contribution in [3.63, 3.8) is 0 Å². The SMILES string of the molecule is CC(C)(CNC(=O)[C@@H]1CCC[C@@H]1CN)Oc1ccccc1. The van der Waals surface area contributed by atoms with E-state index in [9.17, 15) is 4.79 Å². The fourth-order valence-electron chi connectivity index (χ4n) is 2.94. The smallest absolute Gasteiger partial charge is 0.223 e. The third-order valence-electron chi connectivity index (χ3n) is 4.12. The molecule has 0 saturated heterocycles. The quantitative estimate of drug-likeness (QED) is 0.845. The van der Waals surface area contributed by atoms with Gasteiger partial charge < -0.3 is 15.8 Å². The zero-order valence-electron chi connectivity index (χ0n) is 13.0. The van der Waals surface area contributed by atoms with Gasteiger partial charge in [-0.1, -0.05) is 24.6 Å². The van der Waals surface area contributed by atoms with E-state index in [1.54, 1.807) is 0 Å². The maximum absolute atomic E-state index is 12.3. The van der Waals surface area contributed by atoms with Crippen LogP contribution in [-0.2, 0) is 4.79 Å². The average molecular weight is 290 g/mol. The van der Waals surface area contributed by atoms with Gasteiger partial charge in [0.2, 0.25) is 5.91 Å². The monoisotopic (exact) mass is 290 g/mol. The van der Waals surface area contributed by atoms with Crippen molar-refractivity contribution in [1.29, 1.82) is 0 Å². The van der Waals surface area contributed by atoms with Gasteiger partial charge in [0.25, 0.3) is 0 Å². The van der Waals surface area contributed by atoms with E-state index in [0.717, 1.165) is 25.0 Å². The second kappa shape index (κ2) is 6.94. The molecule has 3 N–H and O–H groups in total. The Kier molecular flexibility index (Phi) is 5.23. The summed E-state index contributed by atoms with van der Waals surface area (Å²) in [7, 11) is 0. The van der Waals surface area contributed by atoms with E-state index >= 15 is 0 Å². The van der Waals surface area contributed by atoms with Crippen molar-refractivity contribution >= 4 is 5.91 Å². The number of nitrogens with two attached hydrogens (primary N) is 1. The van der Waals surface area contributed by atoms with Crippen molar-refractivity contribution in [3.8, 4) is 5.75 Å². The van der Waals surface area contributed by atoms with Gasteiger partial charge in [0, 0.05) is 5.92 Å². The molecule has 0 bridgehead atoms. The summed E-state index contributed by atoms with van der Waals surface area (Å²) >= 11 is 0. The molecule has 0 heterocycles. The summed E-state index contributed by atoms with van der Waals surface area (Å²) in [5.74, 6) is 1.34. The van der Waals surface area contributed by atoms with Gasteiger partial charge in [0.1, 0.15) is 11.4 Å². The van der Waals surface area contributed by atoms with E-state index < -0.39 is 5.60 Å². The molecule has 116 valence electrons. The van der Waals surface area contributed by atoms with Gasteiger partial charge in [-0.15, -0.1) is 0 Å². The topological polar surface area (TPSA) is 64.4 Å². The zero-order chi connectivity index (χ0) is 15.3. The minimum Gasteiger partial charge on any atom is -0.486 e. The molecular formula is C17H26N2O2. The Morgan fingerprint density at radius 3 is 2.71 bits per heavy atom. The van der Waals surface area contributed by atoms with Gasteiger partial charge >= 0.3 is 0 Å². The minimum absolute atomic E-state index is 0.0718. The predicted octanol–water partition coefficient (Wildman–Crippen LogP) is 2.34. The van der Waals surface area contributed by atoms with Crippen LogP contribution in [0.25, 0.3) is 0 Å². The van der Waals surface area contributed by atoms with Crippen molar-refractivity contribution in [2.24, 2.45) is 17.6 Å². The Bertz CT molecular complexity index is 459. The molecule has 0 unspecified atom stereocenters. The number of carbonyl (C=O) groups is 1. The standard InChI is InChI=1S/C17H26N2O2/c1-17(2,21-14-8-4-3-5-9-14)12-19-16(20)15-10-6-7-13(15)11-18/h3-5,8-9,13,15H,6-7,10-12,18H2,1-2H3,(H,19,20)/t13-,15-/m1/s1. The summed E-state index contributed by atoms with van der Waals surface area (Å²) in [6.07, 6.45) is 3.12. The number of rotatable bonds is 6. The first-order valence-electron chi connectivity index (χ1n) is 7.74. The summed E-state index contributed by atoms with van der Waals surface area (Å²) < 4.78 is 5.93. The van der Waals surface area contributed by atoms with E-state index in [0.29, 0.717) is 19.0 Å². The Labute approximate surface area is 127 Å². The molecule has 1 saturated carbocycles. The molecule has 0 spiro atoms. The van der Waals surface area contributed by atoms with E-state index in [1.807, 2.05) is 44.2 Å². The largest absolute Gasteiger partial charge is 0.486 e. The van der Waals surface area contributed by atoms with Crippen LogP contribution in [0.15, 0.2) is 30.3 Å². The third kappa shape index (κ3) is 4.46. The van der Waals surface area contributed by atoms with Crippen LogP contribution in [0.4, 0.5) is 0 Å². The molecule has 1 aromatic carbocycles. The molecule has 2 rings (SSSR count). The second-order valence-corrected chi connectivity index (χ2v) is 6.43. The fraction of sp³-hybridized carbons (Fsp3) is 0.588. The highest BCUT2D eigenvalue weighted by atomic mass is 16.5. The molecule has 4 heteroatoms. The molecule has 0 aliphatic heterocycles. The Balaban J connectivity index is 1.85. The van der Waals surface area contributed by atoms with Gasteiger partial charge in [-0.3, -0.25) is 4.79 Å². The van der Waals surface area contributed by atoms with Crippen LogP contribution in [0.1, 0.15) is 33.1 Å². The first-order chi connectivity index (χ1) is 10.0. The highest BCUT2D eigenvalue weighted by Gasteiger charge is 2.32. The summed E-state index contributed by atoms with van der Waals surface area (Å²) in [4.78, 5) is 12.3. The first kappa shape index (κ1) is 15.8. The minimum atomic E-state index is -0.437. The second-order valence-electron chi connectivity index (χ2n) is 6.43. The summed E-state index contributed by atoms with van der Waals surface area (Å²) in [6.45, 7) is 5.06. The molecule has 1 aliphatic carbocycles. The number of carbonyl (C=O) groups excluding carboxylic acids is 1. The lowest BCUT2D eigenvalue weighted by Crippen LogP contribution is -2.45. The lowest BCUT2D eigenvalue weighted by Gasteiger charge is -2.28. The van der Waals surface area contributed by atoms with Crippen molar-refractivity contribution in [3.05, 3.63) is 30.3 Å². The number of hydrogen-bond donors (Lipinski definition) is 2. The summed E-state index contributed by atoms with van der Waals surface area (Å²) in [5, 5.41) is 3.03. The van der Waals surface area contributed by atoms with E-state index in [2.05, 4.69) is 5.32 Å². The zero-order valence-corrected chi connectivity index (χ0v) is 13.0. The van der Waals surface area contributed by atoms with Gasteiger partial charge in [-0.05, 0) is 51.3 Å². The maximum Gasteiger partial charge on any atom is 0.223 e.